The van der Waals surface area contributed by atoms with Gasteiger partial charge in [-0.2, -0.15) is 0 Å². The molecule has 0 saturated carbocycles. The van der Waals surface area contributed by atoms with E-state index in [0.717, 1.165) is 64.9 Å². The Labute approximate surface area is 105 Å². The topological polar surface area (TPSA) is 48.9 Å². The summed E-state index contributed by atoms with van der Waals surface area (Å²) in [7, 11) is 0. The van der Waals surface area contributed by atoms with Crippen LogP contribution in [-0.2, 0) is 4.74 Å². The van der Waals surface area contributed by atoms with Crippen LogP contribution in [0.5, 0.6) is 0 Å². The van der Waals surface area contributed by atoms with E-state index in [9.17, 15) is 0 Å². The van der Waals surface area contributed by atoms with Crippen molar-refractivity contribution in [3.05, 3.63) is 0 Å². The highest BCUT2D eigenvalue weighted by atomic mass is 16.5. The van der Waals surface area contributed by atoms with Gasteiger partial charge in [0.1, 0.15) is 0 Å². The number of hydrogen-bond acceptors (Lipinski definition) is 3. The minimum Gasteiger partial charge on any atom is -0.379 e. The van der Waals surface area contributed by atoms with E-state index in [1.807, 2.05) is 0 Å². The van der Waals surface area contributed by atoms with Crippen LogP contribution in [-0.4, -0.2) is 63.3 Å². The number of guanidine groups is 1. The molecule has 0 unspecified atom stereocenters. The van der Waals surface area contributed by atoms with Crippen LogP contribution in [0.25, 0.3) is 0 Å². The van der Waals surface area contributed by atoms with Crippen LogP contribution in [0.15, 0.2) is 4.99 Å². The molecule has 5 heteroatoms. The first-order valence-electron chi connectivity index (χ1n) is 6.69. The molecular formula is C12H26N4O. The average Bonchev–Trinajstić information content (AvgIpc) is 2.37. The van der Waals surface area contributed by atoms with Crippen LogP contribution in [0.4, 0.5) is 0 Å². The molecule has 0 aromatic heterocycles. The zero-order chi connectivity index (χ0) is 12.3. The number of aliphatic imine (C=N–C) groups is 1. The number of nitrogens with zero attached hydrogens (tertiary/aromatic N) is 2. The first-order chi connectivity index (χ1) is 8.36. The molecule has 1 aliphatic rings. The Morgan fingerprint density at radius 2 is 2.00 bits per heavy atom. The summed E-state index contributed by atoms with van der Waals surface area (Å²) in [6.45, 7) is 11.8. The predicted octanol–water partition coefficient (Wildman–Crippen LogP) is 0.284. The molecule has 1 heterocycles. The summed E-state index contributed by atoms with van der Waals surface area (Å²) in [4.78, 5) is 6.88. The second-order valence-corrected chi connectivity index (χ2v) is 4.14. The van der Waals surface area contributed by atoms with Gasteiger partial charge in [0, 0.05) is 39.3 Å². The number of ether oxygens (including phenoxy) is 1. The molecule has 0 aromatic rings. The normalized spacial score (nSPS) is 18.1. The van der Waals surface area contributed by atoms with E-state index in [2.05, 4.69) is 34.4 Å². The maximum atomic E-state index is 5.32. The van der Waals surface area contributed by atoms with E-state index >= 15 is 0 Å². The first-order valence-corrected chi connectivity index (χ1v) is 6.69. The zero-order valence-electron chi connectivity index (χ0n) is 11.2. The quantitative estimate of drug-likeness (QED) is 0.519. The van der Waals surface area contributed by atoms with E-state index in [0.29, 0.717) is 0 Å². The van der Waals surface area contributed by atoms with Crippen LogP contribution in [0.2, 0.25) is 0 Å². The molecule has 1 saturated heterocycles. The highest BCUT2D eigenvalue weighted by molar-refractivity contribution is 5.79. The van der Waals surface area contributed by atoms with Crippen molar-refractivity contribution in [3.8, 4) is 0 Å². The Kier molecular flexibility index (Phi) is 7.75. The van der Waals surface area contributed by atoms with Crippen molar-refractivity contribution in [2.24, 2.45) is 4.99 Å². The summed E-state index contributed by atoms with van der Waals surface area (Å²) in [5, 5.41) is 6.61. The SMILES string of the molecule is CCCN=C(NCC)NCCN1CCOCC1. The highest BCUT2D eigenvalue weighted by Gasteiger charge is 2.09. The molecule has 0 aliphatic carbocycles. The Hall–Kier alpha value is -0.810. The van der Waals surface area contributed by atoms with Gasteiger partial charge >= 0.3 is 0 Å². The molecule has 1 aliphatic heterocycles. The van der Waals surface area contributed by atoms with Crippen molar-refractivity contribution in [3.63, 3.8) is 0 Å². The maximum absolute atomic E-state index is 5.32. The van der Waals surface area contributed by atoms with Crippen molar-refractivity contribution in [2.45, 2.75) is 20.3 Å². The fraction of sp³-hybridized carbons (Fsp3) is 0.917. The fourth-order valence-corrected chi connectivity index (χ4v) is 1.72. The minimum atomic E-state index is 0.865. The van der Waals surface area contributed by atoms with E-state index in [1.54, 1.807) is 0 Å². The molecule has 0 aromatic carbocycles. The van der Waals surface area contributed by atoms with Crippen LogP contribution < -0.4 is 10.6 Å². The summed E-state index contributed by atoms with van der Waals surface area (Å²) in [6.07, 6.45) is 1.08. The largest absolute Gasteiger partial charge is 0.379 e. The van der Waals surface area contributed by atoms with Gasteiger partial charge in [0.25, 0.3) is 0 Å². The van der Waals surface area contributed by atoms with Gasteiger partial charge in [-0.25, -0.2) is 0 Å². The third kappa shape index (κ3) is 6.48. The van der Waals surface area contributed by atoms with Gasteiger partial charge in [-0.15, -0.1) is 0 Å². The number of nitrogens with one attached hydrogen (secondary N) is 2. The third-order valence-corrected chi connectivity index (χ3v) is 2.66. The zero-order valence-corrected chi connectivity index (χ0v) is 11.2. The summed E-state index contributed by atoms with van der Waals surface area (Å²) in [5.74, 6) is 0.933. The number of hydrogen-bond donors (Lipinski definition) is 2. The monoisotopic (exact) mass is 242 g/mol. The van der Waals surface area contributed by atoms with Crippen molar-refractivity contribution in [2.75, 3.05) is 52.5 Å². The van der Waals surface area contributed by atoms with Crippen LogP contribution in [0.1, 0.15) is 20.3 Å². The lowest BCUT2D eigenvalue weighted by Gasteiger charge is -2.26. The predicted molar refractivity (Wildman–Crippen MR) is 71.5 cm³/mol. The minimum absolute atomic E-state index is 0.865. The van der Waals surface area contributed by atoms with Gasteiger partial charge in [0.15, 0.2) is 5.96 Å². The molecule has 5 nitrogen and oxygen atoms in total. The maximum Gasteiger partial charge on any atom is 0.191 e. The molecule has 0 spiro atoms. The van der Waals surface area contributed by atoms with E-state index in [1.165, 1.54) is 0 Å². The van der Waals surface area contributed by atoms with Crippen molar-refractivity contribution < 1.29 is 4.74 Å². The van der Waals surface area contributed by atoms with Crippen LogP contribution in [0, 0.1) is 0 Å². The standard InChI is InChI=1S/C12H26N4O/c1-3-5-14-12(13-4-2)15-6-7-16-8-10-17-11-9-16/h3-11H2,1-2H3,(H2,13,14,15). The highest BCUT2D eigenvalue weighted by Crippen LogP contribution is 1.94. The summed E-state index contributed by atoms with van der Waals surface area (Å²) < 4.78 is 5.32. The Balaban J connectivity index is 2.16. The van der Waals surface area contributed by atoms with Gasteiger partial charge < -0.3 is 15.4 Å². The van der Waals surface area contributed by atoms with Crippen molar-refractivity contribution in [1.29, 1.82) is 0 Å². The van der Waals surface area contributed by atoms with E-state index in [-0.39, 0.29) is 0 Å². The van der Waals surface area contributed by atoms with Gasteiger partial charge in [-0.3, -0.25) is 9.89 Å². The lowest BCUT2D eigenvalue weighted by Crippen LogP contribution is -2.44. The van der Waals surface area contributed by atoms with Crippen LogP contribution >= 0.6 is 0 Å². The molecule has 1 rings (SSSR count). The summed E-state index contributed by atoms with van der Waals surface area (Å²) >= 11 is 0. The van der Waals surface area contributed by atoms with Crippen molar-refractivity contribution in [1.82, 2.24) is 15.5 Å². The molecule has 17 heavy (non-hydrogen) atoms. The second-order valence-electron chi connectivity index (χ2n) is 4.14. The van der Waals surface area contributed by atoms with Gasteiger partial charge in [0.05, 0.1) is 13.2 Å². The molecule has 2 N–H and O–H groups in total. The third-order valence-electron chi connectivity index (χ3n) is 2.66. The van der Waals surface area contributed by atoms with E-state index < -0.39 is 0 Å². The second kappa shape index (κ2) is 9.24. The Bertz CT molecular complexity index is 215. The summed E-state index contributed by atoms with van der Waals surface area (Å²) in [6, 6.07) is 0. The number of rotatable bonds is 6. The Morgan fingerprint density at radius 1 is 1.24 bits per heavy atom. The summed E-state index contributed by atoms with van der Waals surface area (Å²) in [5.41, 5.74) is 0. The fourth-order valence-electron chi connectivity index (χ4n) is 1.72. The molecule has 0 atom stereocenters. The number of morpholine rings is 1. The average molecular weight is 242 g/mol. The lowest BCUT2D eigenvalue weighted by molar-refractivity contribution is 0.0389. The smallest absolute Gasteiger partial charge is 0.191 e. The molecular weight excluding hydrogens is 216 g/mol. The molecule has 1 fully saturated rings. The Morgan fingerprint density at radius 3 is 2.65 bits per heavy atom. The van der Waals surface area contributed by atoms with Gasteiger partial charge in [-0.05, 0) is 13.3 Å². The first kappa shape index (κ1) is 14.3. The molecule has 0 radical (unpaired) electrons. The van der Waals surface area contributed by atoms with Gasteiger partial charge in [-0.1, -0.05) is 6.92 Å². The van der Waals surface area contributed by atoms with E-state index in [4.69, 9.17) is 4.74 Å². The molecule has 0 bridgehead atoms. The molecule has 100 valence electrons. The molecule has 0 amide bonds. The van der Waals surface area contributed by atoms with Crippen molar-refractivity contribution >= 4 is 5.96 Å². The van der Waals surface area contributed by atoms with Crippen LogP contribution in [0.3, 0.4) is 0 Å². The van der Waals surface area contributed by atoms with Gasteiger partial charge in [0.2, 0.25) is 0 Å². The lowest BCUT2D eigenvalue weighted by atomic mass is 10.4.